The zero-order valence-electron chi connectivity index (χ0n) is 10.3. The van der Waals surface area contributed by atoms with Gasteiger partial charge in [0.2, 0.25) is 0 Å². The zero-order valence-corrected chi connectivity index (χ0v) is 12.5. The van der Waals surface area contributed by atoms with Crippen molar-refractivity contribution in [3.05, 3.63) is 24.4 Å². The first kappa shape index (κ1) is 12.0. The minimum atomic E-state index is 0. The molecule has 0 aliphatic carbocycles. The van der Waals surface area contributed by atoms with Crippen LogP contribution in [0.25, 0.3) is 0 Å². The average Bonchev–Trinajstić information content (AvgIpc) is 2.96. The normalized spacial score (nSPS) is 27.9. The largest absolute Gasteiger partial charge is 1.00 e. The fourth-order valence-electron chi connectivity index (χ4n) is 3.06. The molecule has 4 rings (SSSR count). The molecule has 5 nitrogen and oxygen atoms in total. The Labute approximate surface area is 124 Å². The molecule has 0 spiro atoms. The van der Waals surface area contributed by atoms with E-state index in [9.17, 15) is 0 Å². The highest BCUT2D eigenvalue weighted by atomic mass is 127. The molecule has 1 saturated heterocycles. The second-order valence-electron chi connectivity index (χ2n) is 4.80. The molecule has 4 aliphatic rings. The Morgan fingerprint density at radius 3 is 3.11 bits per heavy atom. The van der Waals surface area contributed by atoms with E-state index in [-0.39, 0.29) is 24.0 Å². The molecular formula is C12H16IN5. The van der Waals surface area contributed by atoms with Crippen LogP contribution in [0.15, 0.2) is 29.4 Å². The Balaban J connectivity index is 0.000001000. The maximum absolute atomic E-state index is 4.65. The summed E-state index contributed by atoms with van der Waals surface area (Å²) in [5.74, 6) is 2.43. The van der Waals surface area contributed by atoms with Crippen molar-refractivity contribution in [1.82, 2.24) is 14.7 Å². The SMILES string of the molecule is C[N+]1=C2N3CCN=C3N3C=CC=CC3N2CC1.[I-]. The van der Waals surface area contributed by atoms with Crippen molar-refractivity contribution in [3.63, 3.8) is 0 Å². The van der Waals surface area contributed by atoms with Crippen LogP contribution in [0.3, 0.4) is 0 Å². The van der Waals surface area contributed by atoms with Crippen LogP contribution < -0.4 is 24.0 Å². The Morgan fingerprint density at radius 1 is 1.33 bits per heavy atom. The maximum atomic E-state index is 4.65. The summed E-state index contributed by atoms with van der Waals surface area (Å²) in [6.45, 7) is 4.10. The Kier molecular flexibility index (Phi) is 2.84. The van der Waals surface area contributed by atoms with Crippen molar-refractivity contribution in [1.29, 1.82) is 0 Å². The van der Waals surface area contributed by atoms with Crippen LogP contribution >= 0.6 is 0 Å². The number of fused-ring (bicyclic) bond motifs is 6. The van der Waals surface area contributed by atoms with Crippen molar-refractivity contribution in [2.75, 3.05) is 33.2 Å². The van der Waals surface area contributed by atoms with Crippen LogP contribution in [-0.2, 0) is 0 Å². The van der Waals surface area contributed by atoms with Gasteiger partial charge in [0.25, 0.3) is 5.96 Å². The van der Waals surface area contributed by atoms with E-state index in [4.69, 9.17) is 0 Å². The van der Waals surface area contributed by atoms with Crippen LogP contribution in [0.5, 0.6) is 0 Å². The molecule has 0 amide bonds. The molecule has 96 valence electrons. The minimum absolute atomic E-state index is 0. The van der Waals surface area contributed by atoms with Gasteiger partial charge in [0, 0.05) is 6.20 Å². The van der Waals surface area contributed by atoms with Crippen LogP contribution in [0.2, 0.25) is 0 Å². The molecule has 4 aliphatic heterocycles. The number of allylic oxidation sites excluding steroid dienone is 2. The lowest BCUT2D eigenvalue weighted by Crippen LogP contribution is -3.00. The first-order valence-corrected chi connectivity index (χ1v) is 6.16. The van der Waals surface area contributed by atoms with E-state index in [1.54, 1.807) is 0 Å². The second kappa shape index (κ2) is 4.25. The van der Waals surface area contributed by atoms with Crippen molar-refractivity contribution in [2.24, 2.45) is 4.99 Å². The summed E-state index contributed by atoms with van der Waals surface area (Å²) in [6, 6.07) is 0. The number of guanidine groups is 2. The van der Waals surface area contributed by atoms with Gasteiger partial charge in [-0.25, -0.2) is 9.89 Å². The summed E-state index contributed by atoms with van der Waals surface area (Å²) in [4.78, 5) is 11.7. The van der Waals surface area contributed by atoms with Gasteiger partial charge in [-0.3, -0.25) is 9.48 Å². The summed E-state index contributed by atoms with van der Waals surface area (Å²) in [6.07, 6.45) is 8.91. The van der Waals surface area contributed by atoms with Crippen LogP contribution in [0, 0.1) is 0 Å². The van der Waals surface area contributed by atoms with Gasteiger partial charge in [0.1, 0.15) is 0 Å². The summed E-state index contributed by atoms with van der Waals surface area (Å²) in [5, 5.41) is 0. The fourth-order valence-corrected chi connectivity index (χ4v) is 3.06. The predicted molar refractivity (Wildman–Crippen MR) is 65.7 cm³/mol. The number of likely N-dealkylation sites (N-methyl/N-ethyl adjacent to an activating group) is 1. The second-order valence-corrected chi connectivity index (χ2v) is 4.80. The molecule has 1 atom stereocenters. The maximum Gasteiger partial charge on any atom is 0.360 e. The van der Waals surface area contributed by atoms with Crippen molar-refractivity contribution in [3.8, 4) is 0 Å². The van der Waals surface area contributed by atoms with E-state index in [2.05, 4.69) is 55.7 Å². The van der Waals surface area contributed by atoms with Gasteiger partial charge in [0.05, 0.1) is 33.2 Å². The van der Waals surface area contributed by atoms with Crippen molar-refractivity contribution < 1.29 is 28.6 Å². The van der Waals surface area contributed by atoms with E-state index >= 15 is 0 Å². The Bertz CT molecular complexity index is 489. The molecule has 0 saturated carbocycles. The quantitative estimate of drug-likeness (QED) is 0.336. The third-order valence-electron chi connectivity index (χ3n) is 3.81. The summed E-state index contributed by atoms with van der Waals surface area (Å²) >= 11 is 0. The van der Waals surface area contributed by atoms with E-state index in [0.29, 0.717) is 6.17 Å². The van der Waals surface area contributed by atoms with Crippen LogP contribution in [0.1, 0.15) is 0 Å². The third-order valence-corrected chi connectivity index (χ3v) is 3.81. The lowest BCUT2D eigenvalue weighted by Gasteiger charge is -2.40. The van der Waals surface area contributed by atoms with Crippen LogP contribution in [-0.4, -0.2) is 70.6 Å². The first-order valence-electron chi connectivity index (χ1n) is 6.16. The molecule has 0 radical (unpaired) electrons. The summed E-state index contributed by atoms with van der Waals surface area (Å²) < 4.78 is 2.34. The van der Waals surface area contributed by atoms with E-state index in [0.717, 1.165) is 32.1 Å². The molecule has 4 heterocycles. The Morgan fingerprint density at radius 2 is 2.22 bits per heavy atom. The number of hydrogen-bond acceptors (Lipinski definition) is 4. The van der Waals surface area contributed by atoms with E-state index < -0.39 is 0 Å². The smallest absolute Gasteiger partial charge is 0.360 e. The number of halogens is 1. The summed E-state index contributed by atoms with van der Waals surface area (Å²) in [7, 11) is 2.17. The predicted octanol–water partition coefficient (Wildman–Crippen LogP) is -3.30. The van der Waals surface area contributed by atoms with Gasteiger partial charge in [0.15, 0.2) is 6.17 Å². The Hall–Kier alpha value is -1.05. The zero-order chi connectivity index (χ0) is 11.4. The van der Waals surface area contributed by atoms with E-state index in [1.807, 2.05) is 0 Å². The molecule has 0 bridgehead atoms. The molecule has 0 aromatic rings. The number of hydrogen-bond donors (Lipinski definition) is 0. The first-order chi connectivity index (χ1) is 8.36. The third kappa shape index (κ3) is 1.44. The highest BCUT2D eigenvalue weighted by Gasteiger charge is 2.50. The lowest BCUT2D eigenvalue weighted by atomic mass is 10.2. The average molecular weight is 357 g/mol. The number of rotatable bonds is 0. The minimum Gasteiger partial charge on any atom is -1.00 e. The molecule has 0 aromatic carbocycles. The molecular weight excluding hydrogens is 341 g/mol. The molecule has 0 N–H and O–H groups in total. The number of aliphatic imine (C=N–C) groups is 1. The van der Waals surface area contributed by atoms with Gasteiger partial charge in [-0.2, -0.15) is 4.90 Å². The highest BCUT2D eigenvalue weighted by Crippen LogP contribution is 2.26. The van der Waals surface area contributed by atoms with Gasteiger partial charge < -0.3 is 24.0 Å². The number of nitrogens with zero attached hydrogens (tertiary/aromatic N) is 5. The molecule has 1 fully saturated rings. The fraction of sp³-hybridized carbons (Fsp3) is 0.500. The lowest BCUT2D eigenvalue weighted by molar-refractivity contribution is -0.491. The van der Waals surface area contributed by atoms with Gasteiger partial charge >= 0.3 is 5.96 Å². The van der Waals surface area contributed by atoms with Gasteiger partial charge in [-0.15, -0.1) is 0 Å². The topological polar surface area (TPSA) is 25.1 Å². The molecule has 6 heteroatoms. The molecule has 0 aromatic heterocycles. The molecule has 18 heavy (non-hydrogen) atoms. The van der Waals surface area contributed by atoms with E-state index in [1.165, 1.54) is 5.96 Å². The standard InChI is InChI=1S/C12H16N5.HI/c1-14-8-9-16-10-4-2-3-6-15(10)11-13-5-7-17(11)12(14)16;/h2-4,6,10H,5,7-9H2,1H3;1H/q+1;/p-1. The molecule has 1 unspecified atom stereocenters. The highest BCUT2D eigenvalue weighted by molar-refractivity contribution is 6.01. The van der Waals surface area contributed by atoms with Crippen molar-refractivity contribution >= 4 is 11.9 Å². The monoisotopic (exact) mass is 357 g/mol. The van der Waals surface area contributed by atoms with Crippen LogP contribution in [0.4, 0.5) is 0 Å². The van der Waals surface area contributed by atoms with Gasteiger partial charge in [-0.1, -0.05) is 6.08 Å². The van der Waals surface area contributed by atoms with Gasteiger partial charge in [-0.05, 0) is 12.2 Å². The van der Waals surface area contributed by atoms with Crippen molar-refractivity contribution in [2.45, 2.75) is 6.17 Å². The summed E-state index contributed by atoms with van der Waals surface area (Å²) in [5.41, 5.74) is 0.